The minimum Gasteiger partial charge on any atom is -0.391 e. The number of amides is 3. The molecule has 0 unspecified atom stereocenters. The molecule has 3 fully saturated rings. The summed E-state index contributed by atoms with van der Waals surface area (Å²) in [7, 11) is 0. The highest BCUT2D eigenvalue weighted by atomic mass is 35.5. The van der Waals surface area contributed by atoms with E-state index in [1.165, 1.54) is 22.1 Å². The van der Waals surface area contributed by atoms with Crippen molar-refractivity contribution in [3.8, 4) is 16.5 Å². The molecule has 0 radical (unpaired) electrons. The summed E-state index contributed by atoms with van der Waals surface area (Å²) in [6.07, 6.45) is 4.06. The summed E-state index contributed by atoms with van der Waals surface area (Å²) in [5.41, 5.74) is 0.733. The minimum atomic E-state index is -0.585. The summed E-state index contributed by atoms with van der Waals surface area (Å²) in [6.45, 7) is 8.15. The third-order valence-electron chi connectivity index (χ3n) is 8.73. The second kappa shape index (κ2) is 13.3. The third kappa shape index (κ3) is 6.94. The van der Waals surface area contributed by atoms with Crippen molar-refractivity contribution in [3.63, 3.8) is 0 Å². The molecule has 0 saturated carbocycles. The fourth-order valence-electron chi connectivity index (χ4n) is 6.25. The molecule has 0 spiro atoms. The molecule has 44 heavy (non-hydrogen) atoms. The standard InChI is InChI=1S/C30H38ClN7O5S/c1-19(2)35-12-7-20(8-13-35)32-30(41)42-28-17-23(29(40)36-14-9-22(10-15-36)37-11-3-4-27(37)39)33-38(28)18-21-16-24(43-34-21)25-5-6-26(31)44-25/h5-6,16-17,19-20,22H,3-4,7-15,18H2,1-2H3,(H,32,41). The van der Waals surface area contributed by atoms with Crippen molar-refractivity contribution in [3.05, 3.63) is 40.0 Å². The number of carbonyl (C=O) groups is 3. The quantitative estimate of drug-likeness (QED) is 0.381. The number of nitrogens with zero attached hydrogens (tertiary/aromatic N) is 6. The fraction of sp³-hybridized carbons (Fsp3) is 0.567. The van der Waals surface area contributed by atoms with Gasteiger partial charge in [-0.25, -0.2) is 9.48 Å². The van der Waals surface area contributed by atoms with Gasteiger partial charge in [0, 0.05) is 69.4 Å². The van der Waals surface area contributed by atoms with E-state index in [4.69, 9.17) is 20.9 Å². The molecular weight excluding hydrogens is 606 g/mol. The van der Waals surface area contributed by atoms with Gasteiger partial charge >= 0.3 is 6.09 Å². The average Bonchev–Trinajstić information content (AvgIpc) is 3.82. The third-order valence-corrected chi connectivity index (χ3v) is 9.98. The zero-order valence-corrected chi connectivity index (χ0v) is 26.6. The van der Waals surface area contributed by atoms with Crippen LogP contribution in [0.15, 0.2) is 28.8 Å². The Morgan fingerprint density at radius 3 is 2.55 bits per heavy atom. The van der Waals surface area contributed by atoms with Crippen LogP contribution in [0.4, 0.5) is 4.79 Å². The molecule has 3 aliphatic heterocycles. The van der Waals surface area contributed by atoms with Gasteiger partial charge in [0.15, 0.2) is 11.5 Å². The molecule has 3 saturated heterocycles. The Labute approximate surface area is 265 Å². The van der Waals surface area contributed by atoms with Crippen molar-refractivity contribution in [1.29, 1.82) is 0 Å². The highest BCUT2D eigenvalue weighted by Gasteiger charge is 2.33. The van der Waals surface area contributed by atoms with Gasteiger partial charge in [-0.05, 0) is 58.1 Å². The molecule has 3 amide bonds. The second-order valence-electron chi connectivity index (χ2n) is 12.0. The van der Waals surface area contributed by atoms with Gasteiger partial charge in [-0.15, -0.1) is 11.3 Å². The number of rotatable bonds is 8. The van der Waals surface area contributed by atoms with Crippen molar-refractivity contribution < 1.29 is 23.6 Å². The normalized spacial score (nSPS) is 18.9. The maximum absolute atomic E-state index is 13.6. The predicted molar refractivity (Wildman–Crippen MR) is 165 cm³/mol. The van der Waals surface area contributed by atoms with E-state index in [-0.39, 0.29) is 42.0 Å². The smallest absolute Gasteiger partial charge is 0.391 e. The lowest BCUT2D eigenvalue weighted by Gasteiger charge is -2.36. The molecule has 6 rings (SSSR count). The first-order valence-corrected chi connectivity index (χ1v) is 16.5. The molecule has 236 valence electrons. The Balaban J connectivity index is 1.15. The Bertz CT molecular complexity index is 1490. The Morgan fingerprint density at radius 2 is 1.89 bits per heavy atom. The second-order valence-corrected chi connectivity index (χ2v) is 13.7. The molecule has 6 heterocycles. The van der Waals surface area contributed by atoms with E-state index in [1.807, 2.05) is 11.0 Å². The van der Waals surface area contributed by atoms with E-state index >= 15 is 0 Å². The molecule has 3 aromatic rings. The number of aromatic nitrogens is 3. The first kappa shape index (κ1) is 30.6. The summed E-state index contributed by atoms with van der Waals surface area (Å²) in [6, 6.07) is 7.58. The number of carbonyl (C=O) groups excluding carboxylic acids is 3. The molecule has 0 bridgehead atoms. The number of likely N-dealkylation sites (tertiary alicyclic amines) is 3. The predicted octanol–water partition coefficient (Wildman–Crippen LogP) is 4.49. The minimum absolute atomic E-state index is 0.00877. The van der Waals surface area contributed by atoms with Crippen LogP contribution in [0.1, 0.15) is 68.6 Å². The number of ether oxygens (including phenoxy) is 1. The van der Waals surface area contributed by atoms with E-state index in [0.717, 1.165) is 56.6 Å². The van der Waals surface area contributed by atoms with Crippen molar-refractivity contribution >= 4 is 40.8 Å². The van der Waals surface area contributed by atoms with Gasteiger partial charge in [0.05, 0.1) is 15.8 Å². The molecular formula is C30H38ClN7O5S. The summed E-state index contributed by atoms with van der Waals surface area (Å²) < 4.78 is 13.4. The summed E-state index contributed by atoms with van der Waals surface area (Å²) in [5.74, 6) is 0.673. The SMILES string of the molecule is CC(C)N1CCC(NC(=O)Oc2cc(C(=O)N3CCC(N4CCCC4=O)CC3)nn2Cc2cc(-c3ccc(Cl)s3)on2)CC1. The van der Waals surface area contributed by atoms with Crippen LogP contribution < -0.4 is 10.1 Å². The van der Waals surface area contributed by atoms with Crippen LogP contribution >= 0.6 is 22.9 Å². The van der Waals surface area contributed by atoms with E-state index in [1.54, 1.807) is 17.0 Å². The molecule has 1 N–H and O–H groups in total. The van der Waals surface area contributed by atoms with Crippen molar-refractivity contribution in [2.24, 2.45) is 0 Å². The number of nitrogens with one attached hydrogen (secondary N) is 1. The number of hydrogen-bond acceptors (Lipinski definition) is 9. The van der Waals surface area contributed by atoms with Gasteiger partial charge in [0.1, 0.15) is 5.69 Å². The van der Waals surface area contributed by atoms with E-state index < -0.39 is 6.09 Å². The largest absolute Gasteiger partial charge is 0.414 e. The van der Waals surface area contributed by atoms with Gasteiger partial charge in [-0.3, -0.25) is 9.59 Å². The van der Waals surface area contributed by atoms with Crippen LogP contribution in [-0.4, -0.2) is 98.4 Å². The molecule has 14 heteroatoms. The fourth-order valence-corrected chi connectivity index (χ4v) is 7.24. The van der Waals surface area contributed by atoms with Gasteiger partial charge < -0.3 is 29.3 Å². The molecule has 3 aromatic heterocycles. The first-order valence-electron chi connectivity index (χ1n) is 15.3. The summed E-state index contributed by atoms with van der Waals surface area (Å²) in [5, 5.41) is 11.7. The topological polar surface area (TPSA) is 126 Å². The highest BCUT2D eigenvalue weighted by Crippen LogP contribution is 2.32. The van der Waals surface area contributed by atoms with Crippen LogP contribution in [0.25, 0.3) is 10.6 Å². The number of halogens is 1. The van der Waals surface area contributed by atoms with Gasteiger partial charge in [0.25, 0.3) is 5.91 Å². The van der Waals surface area contributed by atoms with Crippen molar-refractivity contribution in [1.82, 2.24) is 35.0 Å². The molecule has 0 aliphatic carbocycles. The monoisotopic (exact) mass is 643 g/mol. The molecule has 0 aromatic carbocycles. The molecule has 3 aliphatic rings. The molecule has 12 nitrogen and oxygen atoms in total. The average molecular weight is 644 g/mol. The van der Waals surface area contributed by atoms with Gasteiger partial charge in [-0.1, -0.05) is 16.8 Å². The van der Waals surface area contributed by atoms with Crippen LogP contribution in [-0.2, 0) is 11.3 Å². The number of hydrogen-bond donors (Lipinski definition) is 1. The van der Waals surface area contributed by atoms with Crippen LogP contribution in [0.5, 0.6) is 5.88 Å². The van der Waals surface area contributed by atoms with Crippen LogP contribution in [0.2, 0.25) is 4.34 Å². The lowest BCUT2D eigenvalue weighted by atomic mass is 10.0. The lowest BCUT2D eigenvalue weighted by Crippen LogP contribution is -2.47. The number of thiophene rings is 1. The summed E-state index contributed by atoms with van der Waals surface area (Å²) >= 11 is 7.46. The molecule has 0 atom stereocenters. The zero-order valence-electron chi connectivity index (χ0n) is 25.0. The van der Waals surface area contributed by atoms with E-state index in [9.17, 15) is 14.4 Å². The van der Waals surface area contributed by atoms with Crippen LogP contribution in [0.3, 0.4) is 0 Å². The van der Waals surface area contributed by atoms with Gasteiger partial charge in [0.2, 0.25) is 11.8 Å². The lowest BCUT2D eigenvalue weighted by molar-refractivity contribution is -0.130. The van der Waals surface area contributed by atoms with Crippen molar-refractivity contribution in [2.45, 2.75) is 77.0 Å². The summed E-state index contributed by atoms with van der Waals surface area (Å²) in [4.78, 5) is 45.7. The Kier molecular flexibility index (Phi) is 9.24. The Morgan fingerprint density at radius 1 is 1.11 bits per heavy atom. The first-order chi connectivity index (χ1) is 21.2. The maximum atomic E-state index is 13.6. The van der Waals surface area contributed by atoms with Crippen LogP contribution in [0, 0.1) is 0 Å². The van der Waals surface area contributed by atoms with Gasteiger partial charge in [-0.2, -0.15) is 5.10 Å². The number of piperidine rings is 2. The maximum Gasteiger partial charge on any atom is 0.414 e. The Hall–Kier alpha value is -3.42. The van der Waals surface area contributed by atoms with E-state index in [0.29, 0.717) is 41.3 Å². The zero-order chi connectivity index (χ0) is 30.8. The van der Waals surface area contributed by atoms with Crippen molar-refractivity contribution in [2.75, 3.05) is 32.7 Å². The van der Waals surface area contributed by atoms with E-state index in [2.05, 4.69) is 34.3 Å². The highest BCUT2D eigenvalue weighted by molar-refractivity contribution is 7.19.